The van der Waals surface area contributed by atoms with Gasteiger partial charge in [0.2, 0.25) is 0 Å². The molecule has 0 aliphatic heterocycles. The molecule has 2 aromatic carbocycles. The van der Waals surface area contributed by atoms with Crippen LogP contribution in [0.2, 0.25) is 0 Å². The molecule has 0 amide bonds. The topological polar surface area (TPSA) is 86.2 Å². The Balaban J connectivity index is 1.47. The average Bonchev–Trinajstić information content (AvgIpc) is 3.66. The third kappa shape index (κ3) is 3.08. The Morgan fingerprint density at radius 1 is 0.730 bits per heavy atom. The molecule has 0 radical (unpaired) electrons. The average molecular weight is 497 g/mol. The van der Waals surface area contributed by atoms with E-state index in [1.54, 1.807) is 23.7 Å². The van der Waals surface area contributed by atoms with Crippen molar-refractivity contribution >= 4 is 43.8 Å². The van der Waals surface area contributed by atoms with Gasteiger partial charge in [0.15, 0.2) is 4.96 Å². The number of para-hydroxylation sites is 2. The molecule has 0 saturated heterocycles. The molecule has 0 N–H and O–H groups in total. The normalized spacial score (nSPS) is 11.8. The molecule has 6 aromatic heterocycles. The summed E-state index contributed by atoms with van der Waals surface area (Å²) in [7, 11) is 0. The maximum atomic E-state index is 4.92. The van der Waals surface area contributed by atoms with E-state index >= 15 is 0 Å². The van der Waals surface area contributed by atoms with Gasteiger partial charge < -0.3 is 4.40 Å². The number of hydrogen-bond acceptors (Lipinski definition) is 7. The van der Waals surface area contributed by atoms with E-state index in [0.29, 0.717) is 0 Å². The van der Waals surface area contributed by atoms with Crippen molar-refractivity contribution in [3.63, 3.8) is 0 Å². The zero-order valence-corrected chi connectivity index (χ0v) is 20.0. The second-order valence-corrected chi connectivity index (χ2v) is 9.64. The van der Waals surface area contributed by atoms with Crippen molar-refractivity contribution in [1.29, 1.82) is 0 Å². The molecular weight excluding hydrogens is 480 g/mol. The van der Waals surface area contributed by atoms with Crippen LogP contribution in [0.4, 0.5) is 0 Å². The Morgan fingerprint density at radius 3 is 2.54 bits per heavy atom. The fourth-order valence-corrected chi connectivity index (χ4v) is 5.82. The lowest BCUT2D eigenvalue weighted by Gasteiger charge is -2.08. The molecule has 0 saturated carbocycles. The van der Waals surface area contributed by atoms with E-state index in [4.69, 9.17) is 15.0 Å². The summed E-state index contributed by atoms with van der Waals surface area (Å²) in [5, 5.41) is 11.0. The van der Waals surface area contributed by atoms with E-state index in [2.05, 4.69) is 25.6 Å². The van der Waals surface area contributed by atoms with Gasteiger partial charge in [-0.25, -0.2) is 15.0 Å². The summed E-state index contributed by atoms with van der Waals surface area (Å²) < 4.78 is 4.13. The van der Waals surface area contributed by atoms with Gasteiger partial charge in [0.25, 0.3) is 0 Å². The van der Waals surface area contributed by atoms with Crippen LogP contribution in [-0.4, -0.2) is 38.9 Å². The number of imidazole rings is 2. The predicted molar refractivity (Wildman–Crippen MR) is 144 cm³/mol. The molecule has 0 atom stereocenters. The van der Waals surface area contributed by atoms with Gasteiger partial charge in [-0.1, -0.05) is 53.8 Å². The Labute approximate surface area is 213 Å². The van der Waals surface area contributed by atoms with Gasteiger partial charge in [0.05, 0.1) is 45.9 Å². The number of fused-ring (bicyclic) bond motifs is 4. The standard InChI is InChI=1S/C28H16N8S/c1-2-8-18-17(7-1)13-31-34-25(18)26-27(22-16-35-12-6-5-11-24(35)33-22)37-28-30-15-23(36(26)28)21-14-29-19-9-3-4-10-20(19)32-21/h1-16H. The van der Waals surface area contributed by atoms with E-state index in [0.717, 1.165) is 65.8 Å². The molecule has 37 heavy (non-hydrogen) atoms. The number of rotatable bonds is 3. The van der Waals surface area contributed by atoms with Crippen molar-refractivity contribution in [2.45, 2.75) is 0 Å². The molecule has 9 heteroatoms. The van der Waals surface area contributed by atoms with Crippen molar-refractivity contribution in [2.75, 3.05) is 0 Å². The van der Waals surface area contributed by atoms with Gasteiger partial charge in [0.1, 0.15) is 22.7 Å². The molecule has 0 fully saturated rings. The van der Waals surface area contributed by atoms with E-state index in [9.17, 15) is 0 Å². The third-order valence-electron chi connectivity index (χ3n) is 6.46. The minimum Gasteiger partial charge on any atom is -0.306 e. The lowest BCUT2D eigenvalue weighted by Crippen LogP contribution is -1.98. The summed E-state index contributed by atoms with van der Waals surface area (Å²) in [6.07, 6.45) is 9.47. The number of benzene rings is 2. The number of hydrogen-bond donors (Lipinski definition) is 0. The van der Waals surface area contributed by atoms with Gasteiger partial charge >= 0.3 is 0 Å². The van der Waals surface area contributed by atoms with Crippen LogP contribution >= 0.6 is 11.3 Å². The van der Waals surface area contributed by atoms with E-state index < -0.39 is 0 Å². The van der Waals surface area contributed by atoms with Crippen molar-refractivity contribution in [2.24, 2.45) is 0 Å². The molecule has 0 aliphatic carbocycles. The largest absolute Gasteiger partial charge is 0.306 e. The highest BCUT2D eigenvalue weighted by Gasteiger charge is 2.25. The Kier molecular flexibility index (Phi) is 4.23. The van der Waals surface area contributed by atoms with Crippen molar-refractivity contribution < 1.29 is 0 Å². The molecular formula is C28H16N8S. The summed E-state index contributed by atoms with van der Waals surface area (Å²) in [6.45, 7) is 0. The maximum Gasteiger partial charge on any atom is 0.195 e. The second-order valence-electron chi connectivity index (χ2n) is 8.66. The van der Waals surface area contributed by atoms with Crippen LogP contribution in [0.1, 0.15) is 0 Å². The van der Waals surface area contributed by atoms with Crippen LogP contribution in [0.15, 0.2) is 97.7 Å². The van der Waals surface area contributed by atoms with Gasteiger partial charge in [-0.05, 0) is 24.3 Å². The molecule has 8 aromatic rings. The molecule has 0 unspecified atom stereocenters. The van der Waals surface area contributed by atoms with Crippen molar-refractivity contribution in [1.82, 2.24) is 38.9 Å². The Morgan fingerprint density at radius 2 is 1.59 bits per heavy atom. The van der Waals surface area contributed by atoms with Crippen LogP contribution in [0.3, 0.4) is 0 Å². The van der Waals surface area contributed by atoms with Crippen molar-refractivity contribution in [3.8, 4) is 33.3 Å². The summed E-state index contributed by atoms with van der Waals surface area (Å²) in [4.78, 5) is 21.0. The molecule has 0 spiro atoms. The highest BCUT2D eigenvalue weighted by Crippen LogP contribution is 2.42. The van der Waals surface area contributed by atoms with Gasteiger partial charge in [-0.3, -0.25) is 9.38 Å². The van der Waals surface area contributed by atoms with Gasteiger partial charge in [-0.2, -0.15) is 5.10 Å². The summed E-state index contributed by atoms with van der Waals surface area (Å²) in [6, 6.07) is 22.0. The zero-order chi connectivity index (χ0) is 24.3. The first-order valence-electron chi connectivity index (χ1n) is 11.7. The molecule has 8 nitrogen and oxygen atoms in total. The number of thiazole rings is 1. The number of pyridine rings is 1. The van der Waals surface area contributed by atoms with E-state index in [1.165, 1.54) is 0 Å². The lowest BCUT2D eigenvalue weighted by atomic mass is 10.1. The van der Waals surface area contributed by atoms with Gasteiger partial charge in [0, 0.05) is 23.2 Å². The van der Waals surface area contributed by atoms with Crippen LogP contribution in [0.5, 0.6) is 0 Å². The molecule has 0 bridgehead atoms. The molecule has 174 valence electrons. The molecule has 8 rings (SSSR count). The predicted octanol–water partition coefficient (Wildman–Crippen LogP) is 5.93. The Bertz CT molecular complexity index is 2080. The van der Waals surface area contributed by atoms with Gasteiger partial charge in [-0.15, -0.1) is 5.10 Å². The summed E-state index contributed by atoms with van der Waals surface area (Å²) in [5.74, 6) is 0. The summed E-state index contributed by atoms with van der Waals surface area (Å²) >= 11 is 1.57. The Hall–Kier alpha value is -5.02. The number of aromatic nitrogens is 8. The van der Waals surface area contributed by atoms with Crippen LogP contribution in [0.25, 0.3) is 65.8 Å². The monoisotopic (exact) mass is 496 g/mol. The highest BCUT2D eigenvalue weighted by molar-refractivity contribution is 7.20. The first-order chi connectivity index (χ1) is 18.3. The molecule has 0 aliphatic rings. The minimum absolute atomic E-state index is 0.736. The summed E-state index contributed by atoms with van der Waals surface area (Å²) in [5.41, 5.74) is 6.63. The highest BCUT2D eigenvalue weighted by atomic mass is 32.1. The number of nitrogens with zero attached hydrogens (tertiary/aromatic N) is 8. The lowest BCUT2D eigenvalue weighted by molar-refractivity contribution is 1.04. The smallest absolute Gasteiger partial charge is 0.195 e. The quantitative estimate of drug-likeness (QED) is 0.301. The SMILES string of the molecule is c1ccc2c(-c3c(-c4cn5ccccc5n4)sc4ncc(-c5cnc6ccccc6n5)n34)nncc2c1. The second kappa shape index (κ2) is 7.74. The third-order valence-corrected chi connectivity index (χ3v) is 7.54. The van der Waals surface area contributed by atoms with Crippen molar-refractivity contribution in [3.05, 3.63) is 97.7 Å². The van der Waals surface area contributed by atoms with Crippen LogP contribution < -0.4 is 0 Å². The van der Waals surface area contributed by atoms with E-state index in [-0.39, 0.29) is 0 Å². The zero-order valence-electron chi connectivity index (χ0n) is 19.2. The fourth-order valence-electron chi connectivity index (χ4n) is 4.76. The van der Waals surface area contributed by atoms with Crippen LogP contribution in [0, 0.1) is 0 Å². The molecule has 6 heterocycles. The first-order valence-corrected chi connectivity index (χ1v) is 12.5. The first kappa shape index (κ1) is 20.2. The maximum absolute atomic E-state index is 4.92. The minimum atomic E-state index is 0.736. The fraction of sp³-hybridized carbons (Fsp3) is 0. The van der Waals surface area contributed by atoms with Crippen LogP contribution in [-0.2, 0) is 0 Å². The van der Waals surface area contributed by atoms with E-state index in [1.807, 2.05) is 83.7 Å².